The van der Waals surface area contributed by atoms with Crippen LogP contribution in [0.5, 0.6) is 0 Å². The standard InChI is InChI=1S/C17H13FN4O5S2/c1-9(15(24)21-10-2-3-12(18)13(6-10)22(25)26)27-14(23)7-29-17-11-4-5-28-16(11)19-8-20-17/h2-6,8-9H,7H2,1H3,(H,21,24). The van der Waals surface area contributed by atoms with E-state index in [4.69, 9.17) is 4.74 Å². The molecule has 0 spiro atoms. The van der Waals surface area contributed by atoms with E-state index < -0.39 is 34.4 Å². The highest BCUT2D eigenvalue weighted by atomic mass is 32.2. The summed E-state index contributed by atoms with van der Waals surface area (Å²) in [6, 6.07) is 4.78. The molecular formula is C17H13FN4O5S2. The maximum absolute atomic E-state index is 13.4. The molecule has 0 saturated heterocycles. The number of hydrogen-bond donors (Lipinski definition) is 1. The van der Waals surface area contributed by atoms with Gasteiger partial charge in [0.05, 0.1) is 10.7 Å². The highest BCUT2D eigenvalue weighted by Crippen LogP contribution is 2.27. The molecule has 12 heteroatoms. The molecule has 29 heavy (non-hydrogen) atoms. The molecule has 2 heterocycles. The number of rotatable bonds is 7. The molecule has 1 N–H and O–H groups in total. The minimum absolute atomic E-state index is 0.0150. The van der Waals surface area contributed by atoms with Crippen molar-refractivity contribution in [1.29, 1.82) is 0 Å². The second kappa shape index (κ2) is 8.92. The number of ether oxygens (including phenoxy) is 1. The molecule has 0 aliphatic heterocycles. The van der Waals surface area contributed by atoms with Crippen LogP contribution in [0.25, 0.3) is 10.2 Å². The second-order valence-corrected chi connectivity index (χ2v) is 7.51. The first kappa shape index (κ1) is 20.6. The summed E-state index contributed by atoms with van der Waals surface area (Å²) in [4.78, 5) is 43.1. The van der Waals surface area contributed by atoms with Gasteiger partial charge in [-0.25, -0.2) is 9.97 Å². The quantitative estimate of drug-likeness (QED) is 0.196. The fourth-order valence-electron chi connectivity index (χ4n) is 2.27. The van der Waals surface area contributed by atoms with E-state index in [9.17, 15) is 24.1 Å². The predicted octanol–water partition coefficient (Wildman–Crippen LogP) is 3.40. The lowest BCUT2D eigenvalue weighted by Gasteiger charge is -2.13. The zero-order valence-corrected chi connectivity index (χ0v) is 16.5. The number of halogens is 1. The topological polar surface area (TPSA) is 124 Å². The van der Waals surface area contributed by atoms with Crippen molar-refractivity contribution in [1.82, 2.24) is 9.97 Å². The van der Waals surface area contributed by atoms with E-state index >= 15 is 0 Å². The summed E-state index contributed by atoms with van der Waals surface area (Å²) in [6.45, 7) is 1.36. The minimum atomic E-state index is -1.15. The van der Waals surface area contributed by atoms with Crippen LogP contribution in [-0.2, 0) is 14.3 Å². The van der Waals surface area contributed by atoms with Crippen molar-refractivity contribution in [3.63, 3.8) is 0 Å². The number of nitro groups is 1. The van der Waals surface area contributed by atoms with E-state index in [2.05, 4.69) is 15.3 Å². The molecule has 150 valence electrons. The summed E-state index contributed by atoms with van der Waals surface area (Å²) in [6.07, 6.45) is 0.253. The molecule has 1 aromatic carbocycles. The zero-order valence-electron chi connectivity index (χ0n) is 14.8. The van der Waals surface area contributed by atoms with Gasteiger partial charge >= 0.3 is 11.7 Å². The number of nitrogens with zero attached hydrogens (tertiary/aromatic N) is 3. The second-order valence-electron chi connectivity index (χ2n) is 5.65. The number of hydrogen-bond acceptors (Lipinski definition) is 9. The van der Waals surface area contributed by atoms with Crippen molar-refractivity contribution < 1.29 is 23.6 Å². The third kappa shape index (κ3) is 5.03. The average Bonchev–Trinajstić information content (AvgIpc) is 3.17. The minimum Gasteiger partial charge on any atom is -0.452 e. The molecule has 1 amide bonds. The molecule has 0 radical (unpaired) electrons. The fourth-order valence-corrected chi connectivity index (χ4v) is 3.83. The summed E-state index contributed by atoms with van der Waals surface area (Å²) in [5, 5.41) is 16.4. The van der Waals surface area contributed by atoms with Crippen molar-refractivity contribution in [3.05, 3.63) is 51.9 Å². The Balaban J connectivity index is 1.55. The van der Waals surface area contributed by atoms with Crippen molar-refractivity contribution in [3.8, 4) is 0 Å². The Morgan fingerprint density at radius 3 is 2.93 bits per heavy atom. The molecule has 3 rings (SSSR count). The van der Waals surface area contributed by atoms with Crippen LogP contribution in [0.15, 0.2) is 41.0 Å². The van der Waals surface area contributed by atoms with E-state index in [1.807, 2.05) is 11.4 Å². The van der Waals surface area contributed by atoms with Crippen LogP contribution in [-0.4, -0.2) is 38.6 Å². The van der Waals surface area contributed by atoms with Crippen molar-refractivity contribution in [2.45, 2.75) is 18.1 Å². The van der Waals surface area contributed by atoms with Gasteiger partial charge in [-0.15, -0.1) is 11.3 Å². The van der Waals surface area contributed by atoms with Gasteiger partial charge in [-0.3, -0.25) is 19.7 Å². The summed E-state index contributed by atoms with van der Waals surface area (Å²) in [7, 11) is 0. The van der Waals surface area contributed by atoms with Gasteiger partial charge in [0.1, 0.15) is 16.2 Å². The van der Waals surface area contributed by atoms with Gasteiger partial charge in [-0.1, -0.05) is 11.8 Å². The number of esters is 1. The van der Waals surface area contributed by atoms with Crippen LogP contribution in [0.2, 0.25) is 0 Å². The highest BCUT2D eigenvalue weighted by Gasteiger charge is 2.21. The van der Waals surface area contributed by atoms with E-state index in [1.165, 1.54) is 30.7 Å². The number of amides is 1. The number of benzene rings is 1. The van der Waals surface area contributed by atoms with Crippen LogP contribution in [0.4, 0.5) is 15.8 Å². The molecule has 0 bridgehead atoms. The van der Waals surface area contributed by atoms with E-state index in [0.29, 0.717) is 5.03 Å². The number of anilines is 1. The lowest BCUT2D eigenvalue weighted by Crippen LogP contribution is -2.30. The smallest absolute Gasteiger partial charge is 0.317 e. The SMILES string of the molecule is CC(OC(=O)CSc1ncnc2sccc12)C(=O)Nc1ccc(F)c([N+](=O)[O-])c1. The summed E-state index contributed by atoms with van der Waals surface area (Å²) < 4.78 is 18.4. The molecule has 3 aromatic rings. The summed E-state index contributed by atoms with van der Waals surface area (Å²) >= 11 is 2.62. The van der Waals surface area contributed by atoms with Gasteiger partial charge in [-0.05, 0) is 30.5 Å². The lowest BCUT2D eigenvalue weighted by atomic mass is 10.2. The normalized spacial score (nSPS) is 11.8. The third-order valence-electron chi connectivity index (χ3n) is 3.64. The maximum atomic E-state index is 13.4. The van der Waals surface area contributed by atoms with Crippen molar-refractivity contribution in [2.24, 2.45) is 0 Å². The largest absolute Gasteiger partial charge is 0.452 e. The Hall–Kier alpha value is -3.12. The van der Waals surface area contributed by atoms with Gasteiger partial charge in [0.25, 0.3) is 5.91 Å². The van der Waals surface area contributed by atoms with Crippen LogP contribution in [0.1, 0.15) is 6.92 Å². The van der Waals surface area contributed by atoms with Gasteiger partial charge in [0, 0.05) is 17.1 Å². The monoisotopic (exact) mass is 436 g/mol. The number of thioether (sulfide) groups is 1. The Morgan fingerprint density at radius 2 is 2.17 bits per heavy atom. The molecular weight excluding hydrogens is 423 g/mol. The maximum Gasteiger partial charge on any atom is 0.317 e. The van der Waals surface area contributed by atoms with Gasteiger partial charge in [0.15, 0.2) is 6.10 Å². The van der Waals surface area contributed by atoms with Gasteiger partial charge in [-0.2, -0.15) is 4.39 Å². The summed E-state index contributed by atoms with van der Waals surface area (Å²) in [5.41, 5.74) is -0.755. The first-order valence-corrected chi connectivity index (χ1v) is 9.97. The first-order chi connectivity index (χ1) is 13.8. The molecule has 1 atom stereocenters. The summed E-state index contributed by atoms with van der Waals surface area (Å²) in [5.74, 6) is -2.42. The Kier molecular flexibility index (Phi) is 6.34. The zero-order chi connectivity index (χ0) is 21.0. The molecule has 9 nitrogen and oxygen atoms in total. The number of carbonyl (C=O) groups is 2. The molecule has 0 aliphatic carbocycles. The molecule has 0 aliphatic rings. The van der Waals surface area contributed by atoms with E-state index in [1.54, 1.807) is 0 Å². The Labute approximate surface area is 171 Å². The molecule has 2 aromatic heterocycles. The van der Waals surface area contributed by atoms with Gasteiger partial charge < -0.3 is 10.1 Å². The average molecular weight is 436 g/mol. The Bertz CT molecular complexity index is 1090. The fraction of sp³-hybridized carbons (Fsp3) is 0.176. The number of nitrogens with one attached hydrogen (secondary N) is 1. The third-order valence-corrected chi connectivity index (χ3v) is 5.44. The van der Waals surface area contributed by atoms with E-state index in [-0.39, 0.29) is 11.4 Å². The van der Waals surface area contributed by atoms with Gasteiger partial charge in [0.2, 0.25) is 5.82 Å². The molecule has 1 unspecified atom stereocenters. The number of aromatic nitrogens is 2. The number of fused-ring (bicyclic) bond motifs is 1. The first-order valence-electron chi connectivity index (χ1n) is 8.10. The predicted molar refractivity (Wildman–Crippen MR) is 105 cm³/mol. The van der Waals surface area contributed by atoms with Crippen molar-refractivity contribution >= 4 is 56.6 Å². The highest BCUT2D eigenvalue weighted by molar-refractivity contribution is 8.00. The van der Waals surface area contributed by atoms with Crippen molar-refractivity contribution in [2.75, 3.05) is 11.1 Å². The molecule has 0 fully saturated rings. The lowest BCUT2D eigenvalue weighted by molar-refractivity contribution is -0.387. The molecule has 0 saturated carbocycles. The number of thiophene rings is 1. The number of carbonyl (C=O) groups excluding carboxylic acids is 2. The van der Waals surface area contributed by atoms with Crippen LogP contribution in [0, 0.1) is 15.9 Å². The van der Waals surface area contributed by atoms with E-state index in [0.717, 1.165) is 34.1 Å². The van der Waals surface area contributed by atoms with Crippen LogP contribution in [0.3, 0.4) is 0 Å². The van der Waals surface area contributed by atoms with Crippen LogP contribution < -0.4 is 5.32 Å². The number of nitro benzene ring substituents is 1. The van der Waals surface area contributed by atoms with Crippen LogP contribution >= 0.6 is 23.1 Å². The Morgan fingerprint density at radius 1 is 1.38 bits per heavy atom.